The minimum absolute atomic E-state index is 0.153. The second-order valence-electron chi connectivity index (χ2n) is 6.36. The molecule has 0 fully saturated rings. The minimum atomic E-state index is -0.193. The monoisotopic (exact) mass is 374 g/mol. The summed E-state index contributed by atoms with van der Waals surface area (Å²) < 4.78 is 16.5. The standard InChI is InChI=1S/C21H27O4P/c1-6-21(3,26-20-15(2)9-7-10-16(20)13-22)17-11-8-12-18(24-5)19(17)25-14-23-4/h7-13,26H,6,14H2,1-5H3. The van der Waals surface area contributed by atoms with Crippen LogP contribution in [-0.2, 0) is 9.89 Å². The van der Waals surface area contributed by atoms with Gasteiger partial charge in [-0.1, -0.05) is 52.8 Å². The molecule has 4 nitrogen and oxygen atoms in total. The zero-order chi connectivity index (χ0) is 19.2. The summed E-state index contributed by atoms with van der Waals surface area (Å²) in [5.41, 5.74) is 2.95. The molecule has 0 N–H and O–H groups in total. The minimum Gasteiger partial charge on any atom is -0.493 e. The molecule has 2 unspecified atom stereocenters. The Labute approximate surface area is 157 Å². The van der Waals surface area contributed by atoms with Gasteiger partial charge in [-0.25, -0.2) is 0 Å². The van der Waals surface area contributed by atoms with E-state index in [1.165, 1.54) is 0 Å². The fraction of sp³-hybridized carbons (Fsp3) is 0.381. The van der Waals surface area contributed by atoms with Crippen molar-refractivity contribution in [3.05, 3.63) is 53.1 Å². The first-order valence-corrected chi connectivity index (χ1v) is 9.63. The fourth-order valence-electron chi connectivity index (χ4n) is 2.96. The maximum atomic E-state index is 11.5. The van der Waals surface area contributed by atoms with E-state index in [0.29, 0.717) is 20.1 Å². The van der Waals surface area contributed by atoms with Gasteiger partial charge in [0.05, 0.1) is 7.11 Å². The molecule has 0 aliphatic rings. The summed E-state index contributed by atoms with van der Waals surface area (Å²) in [4.78, 5) is 11.5. The Morgan fingerprint density at radius 2 is 1.88 bits per heavy atom. The van der Waals surface area contributed by atoms with Gasteiger partial charge in [-0.15, -0.1) is 0 Å². The van der Waals surface area contributed by atoms with E-state index in [1.54, 1.807) is 14.2 Å². The number of ether oxygens (including phenoxy) is 3. The molecule has 2 rings (SSSR count). The van der Waals surface area contributed by atoms with Crippen LogP contribution in [0.25, 0.3) is 0 Å². The number of hydrogen-bond acceptors (Lipinski definition) is 4. The van der Waals surface area contributed by atoms with E-state index >= 15 is 0 Å². The number of carbonyl (C=O) groups excluding carboxylic acids is 1. The van der Waals surface area contributed by atoms with E-state index in [9.17, 15) is 4.79 Å². The van der Waals surface area contributed by atoms with E-state index in [4.69, 9.17) is 14.2 Å². The molecule has 0 amide bonds. The summed E-state index contributed by atoms with van der Waals surface area (Å²) in [5, 5.41) is 0.911. The van der Waals surface area contributed by atoms with Crippen molar-refractivity contribution in [3.8, 4) is 11.5 Å². The summed E-state index contributed by atoms with van der Waals surface area (Å²) in [5.74, 6) is 1.39. The molecule has 0 spiro atoms. The zero-order valence-corrected chi connectivity index (χ0v) is 17.1. The zero-order valence-electron chi connectivity index (χ0n) is 16.1. The highest BCUT2D eigenvalue weighted by Crippen LogP contribution is 2.50. The molecule has 0 radical (unpaired) electrons. The smallest absolute Gasteiger partial charge is 0.188 e. The Hall–Kier alpha value is -1.90. The van der Waals surface area contributed by atoms with Crippen LogP contribution in [0.2, 0.25) is 0 Å². The molecule has 0 bridgehead atoms. The van der Waals surface area contributed by atoms with E-state index in [1.807, 2.05) is 24.3 Å². The Morgan fingerprint density at radius 1 is 1.15 bits per heavy atom. The van der Waals surface area contributed by atoms with E-state index in [-0.39, 0.29) is 11.9 Å². The van der Waals surface area contributed by atoms with Gasteiger partial charge >= 0.3 is 0 Å². The Balaban J connectivity index is 2.55. The Kier molecular flexibility index (Phi) is 7.19. The van der Waals surface area contributed by atoms with Crippen LogP contribution in [0.4, 0.5) is 0 Å². The van der Waals surface area contributed by atoms with Gasteiger partial charge in [-0.3, -0.25) is 4.79 Å². The van der Waals surface area contributed by atoms with Crippen molar-refractivity contribution in [2.45, 2.75) is 32.3 Å². The van der Waals surface area contributed by atoms with Gasteiger partial charge in [-0.2, -0.15) is 0 Å². The molecule has 0 aromatic heterocycles. The molecule has 0 aliphatic carbocycles. The Morgan fingerprint density at radius 3 is 2.50 bits per heavy atom. The third-order valence-electron chi connectivity index (χ3n) is 4.65. The predicted octanol–water partition coefficient (Wildman–Crippen LogP) is 4.43. The normalized spacial score (nSPS) is 13.6. The number of para-hydroxylation sites is 1. The predicted molar refractivity (Wildman–Crippen MR) is 108 cm³/mol. The summed E-state index contributed by atoms with van der Waals surface area (Å²) in [7, 11) is 3.65. The van der Waals surface area contributed by atoms with Gasteiger partial charge in [0.15, 0.2) is 24.6 Å². The van der Waals surface area contributed by atoms with E-state index in [2.05, 4.69) is 32.9 Å². The number of aldehydes is 1. The maximum absolute atomic E-state index is 11.5. The lowest BCUT2D eigenvalue weighted by molar-refractivity contribution is 0.0480. The number of methoxy groups -OCH3 is 2. The van der Waals surface area contributed by atoms with Crippen LogP contribution in [-0.4, -0.2) is 27.3 Å². The van der Waals surface area contributed by atoms with Gasteiger partial charge in [0, 0.05) is 23.4 Å². The topological polar surface area (TPSA) is 44.8 Å². The van der Waals surface area contributed by atoms with Crippen molar-refractivity contribution in [2.75, 3.05) is 21.0 Å². The summed E-state index contributed by atoms with van der Waals surface area (Å²) >= 11 is 0. The lowest BCUT2D eigenvalue weighted by Gasteiger charge is -2.32. The molecule has 2 aromatic carbocycles. The number of aryl methyl sites for hydroxylation is 1. The van der Waals surface area contributed by atoms with Crippen molar-refractivity contribution in [2.24, 2.45) is 0 Å². The van der Waals surface area contributed by atoms with Crippen molar-refractivity contribution < 1.29 is 19.0 Å². The van der Waals surface area contributed by atoms with Crippen LogP contribution in [0.5, 0.6) is 11.5 Å². The van der Waals surface area contributed by atoms with Crippen LogP contribution in [0.1, 0.15) is 41.8 Å². The maximum Gasteiger partial charge on any atom is 0.188 e. The van der Waals surface area contributed by atoms with Gasteiger partial charge < -0.3 is 14.2 Å². The SMILES string of the molecule is CCC(C)(Pc1c(C)cccc1C=O)c1cccc(OC)c1OCOC. The average Bonchev–Trinajstić information content (AvgIpc) is 2.67. The van der Waals surface area contributed by atoms with Crippen LogP contribution < -0.4 is 14.8 Å². The first kappa shape index (κ1) is 20.4. The molecule has 26 heavy (non-hydrogen) atoms. The number of carbonyl (C=O) groups is 1. The van der Waals surface area contributed by atoms with Gasteiger partial charge in [0.25, 0.3) is 0 Å². The van der Waals surface area contributed by atoms with E-state index in [0.717, 1.165) is 34.7 Å². The van der Waals surface area contributed by atoms with Gasteiger partial charge in [0.1, 0.15) is 0 Å². The number of rotatable bonds is 9. The first-order chi connectivity index (χ1) is 12.5. The second kappa shape index (κ2) is 9.16. The molecule has 0 aliphatic heterocycles. The largest absolute Gasteiger partial charge is 0.493 e. The fourth-order valence-corrected chi connectivity index (χ4v) is 4.59. The van der Waals surface area contributed by atoms with Crippen molar-refractivity contribution in [3.63, 3.8) is 0 Å². The summed E-state index contributed by atoms with van der Waals surface area (Å²) in [6.07, 6.45) is 1.84. The molecule has 5 heteroatoms. The van der Waals surface area contributed by atoms with Gasteiger partial charge in [0.2, 0.25) is 0 Å². The molecular formula is C21H27O4P. The number of benzene rings is 2. The molecule has 0 saturated carbocycles. The van der Waals surface area contributed by atoms with Crippen molar-refractivity contribution in [1.82, 2.24) is 0 Å². The van der Waals surface area contributed by atoms with Crippen LogP contribution >= 0.6 is 8.58 Å². The molecule has 2 aromatic rings. The van der Waals surface area contributed by atoms with Crippen LogP contribution in [0.15, 0.2) is 36.4 Å². The molecule has 0 heterocycles. The average molecular weight is 374 g/mol. The lowest BCUT2D eigenvalue weighted by atomic mass is 9.96. The third-order valence-corrected chi connectivity index (χ3v) is 6.76. The second-order valence-corrected chi connectivity index (χ2v) is 8.21. The Bertz CT molecular complexity index is 760. The highest BCUT2D eigenvalue weighted by atomic mass is 31.1. The van der Waals surface area contributed by atoms with Crippen LogP contribution in [0, 0.1) is 6.92 Å². The molecule has 140 valence electrons. The summed E-state index contributed by atoms with van der Waals surface area (Å²) in [6, 6.07) is 11.8. The van der Waals surface area contributed by atoms with E-state index < -0.39 is 0 Å². The van der Waals surface area contributed by atoms with Crippen molar-refractivity contribution >= 4 is 20.2 Å². The highest BCUT2D eigenvalue weighted by molar-refractivity contribution is 7.49. The quantitative estimate of drug-likeness (QED) is 0.370. The molecule has 0 saturated heterocycles. The first-order valence-electron chi connectivity index (χ1n) is 8.63. The summed E-state index contributed by atoms with van der Waals surface area (Å²) in [6.45, 7) is 6.58. The number of hydrogen-bond donors (Lipinski definition) is 0. The van der Waals surface area contributed by atoms with Crippen molar-refractivity contribution in [1.29, 1.82) is 0 Å². The van der Waals surface area contributed by atoms with Crippen LogP contribution in [0.3, 0.4) is 0 Å². The lowest BCUT2D eigenvalue weighted by Crippen LogP contribution is -2.22. The molecule has 2 atom stereocenters. The third kappa shape index (κ3) is 4.25. The molecular weight excluding hydrogens is 347 g/mol. The highest BCUT2D eigenvalue weighted by Gasteiger charge is 2.31. The van der Waals surface area contributed by atoms with Gasteiger partial charge in [-0.05, 0) is 30.3 Å².